The number of hydrogen-bond acceptors (Lipinski definition) is 2. The maximum atomic E-state index is 11.3. The van der Waals surface area contributed by atoms with Gasteiger partial charge in [-0.2, -0.15) is 0 Å². The summed E-state index contributed by atoms with van der Waals surface area (Å²) in [5.74, 6) is -0.260. The van der Waals surface area contributed by atoms with Gasteiger partial charge in [0.2, 0.25) is 0 Å². The van der Waals surface area contributed by atoms with Gasteiger partial charge in [-0.15, -0.1) is 0 Å². The van der Waals surface area contributed by atoms with Crippen molar-refractivity contribution < 1.29 is 9.59 Å². The van der Waals surface area contributed by atoms with E-state index >= 15 is 0 Å². The fourth-order valence-electron chi connectivity index (χ4n) is 1.41. The maximum absolute atomic E-state index is 11.3. The Morgan fingerprint density at radius 1 is 1.42 bits per heavy atom. The second-order valence-electron chi connectivity index (χ2n) is 3.06. The maximum Gasteiger partial charge on any atom is 0.143 e. The zero-order valence-corrected chi connectivity index (χ0v) is 8.39. The summed E-state index contributed by atoms with van der Waals surface area (Å²) in [5, 5.41) is 0. The lowest BCUT2D eigenvalue weighted by Crippen LogP contribution is -2.28. The molecule has 1 rings (SSSR count). The van der Waals surface area contributed by atoms with Crippen molar-refractivity contribution in [3.05, 3.63) is 11.1 Å². The fraction of sp³-hybridized carbons (Fsp3) is 0.556. The minimum absolute atomic E-state index is 0.0758. The van der Waals surface area contributed by atoms with Crippen molar-refractivity contribution in [3.8, 4) is 0 Å². The summed E-state index contributed by atoms with van der Waals surface area (Å²) >= 11 is 3.17. The van der Waals surface area contributed by atoms with Crippen LogP contribution in [-0.4, -0.2) is 11.6 Å². The van der Waals surface area contributed by atoms with E-state index in [4.69, 9.17) is 0 Å². The van der Waals surface area contributed by atoms with Crippen molar-refractivity contribution in [1.29, 1.82) is 0 Å². The molecule has 0 aromatic heterocycles. The molecule has 0 saturated heterocycles. The van der Waals surface area contributed by atoms with E-state index in [0.717, 1.165) is 10.9 Å². The normalized spacial score (nSPS) is 19.8. The molecule has 2 nitrogen and oxygen atoms in total. The Morgan fingerprint density at radius 3 is 2.33 bits per heavy atom. The highest BCUT2D eigenvalue weighted by molar-refractivity contribution is 9.11. The first-order chi connectivity index (χ1) is 5.61. The molecule has 66 valence electrons. The van der Waals surface area contributed by atoms with Crippen LogP contribution in [0.25, 0.3) is 0 Å². The molecule has 0 spiro atoms. The minimum Gasteiger partial charge on any atom is -0.299 e. The molecule has 0 bridgehead atoms. The van der Waals surface area contributed by atoms with E-state index in [-0.39, 0.29) is 11.6 Å². The molecular weight excluding hydrogens is 220 g/mol. The highest BCUT2D eigenvalue weighted by atomic mass is 79.9. The predicted octanol–water partition coefficient (Wildman–Crippen LogP) is 2.22. The Labute approximate surface area is 80.2 Å². The first-order valence-electron chi connectivity index (χ1n) is 4.00. The van der Waals surface area contributed by atoms with Crippen molar-refractivity contribution in [2.45, 2.75) is 25.7 Å². The van der Waals surface area contributed by atoms with Crippen molar-refractivity contribution in [2.75, 3.05) is 0 Å². The molecule has 1 saturated carbocycles. The topological polar surface area (TPSA) is 34.1 Å². The van der Waals surface area contributed by atoms with Crippen molar-refractivity contribution >= 4 is 27.5 Å². The van der Waals surface area contributed by atoms with Crippen LogP contribution < -0.4 is 0 Å². The molecule has 1 fully saturated rings. The van der Waals surface area contributed by atoms with Gasteiger partial charge in [-0.05, 0) is 17.3 Å². The summed E-state index contributed by atoms with van der Waals surface area (Å²) in [6.07, 6.45) is 2.30. The summed E-state index contributed by atoms with van der Waals surface area (Å²) in [5.41, 5.74) is 0. The number of carbonyl (C=O) groups is 2. The molecule has 0 amide bonds. The Kier molecular flexibility index (Phi) is 3.20. The molecule has 1 aliphatic carbocycles. The zero-order chi connectivity index (χ0) is 9.14. The van der Waals surface area contributed by atoms with Crippen LogP contribution in [0.1, 0.15) is 25.7 Å². The van der Waals surface area contributed by atoms with E-state index in [2.05, 4.69) is 22.5 Å². The summed E-state index contributed by atoms with van der Waals surface area (Å²) in [6, 6.07) is 0. The number of halogens is 1. The van der Waals surface area contributed by atoms with E-state index in [1.54, 1.807) is 0 Å². The second-order valence-corrected chi connectivity index (χ2v) is 4.18. The van der Waals surface area contributed by atoms with Crippen molar-refractivity contribution in [3.63, 3.8) is 0 Å². The fourth-order valence-corrected chi connectivity index (χ4v) is 1.74. The van der Waals surface area contributed by atoms with Gasteiger partial charge in [-0.1, -0.05) is 22.5 Å². The molecule has 0 unspecified atom stereocenters. The number of carbonyl (C=O) groups excluding carboxylic acids is 2. The SMILES string of the molecule is C=C(Br)CC1C(=O)CCCC1=O. The smallest absolute Gasteiger partial charge is 0.143 e. The number of rotatable bonds is 2. The van der Waals surface area contributed by atoms with Gasteiger partial charge in [0.1, 0.15) is 11.6 Å². The Balaban J connectivity index is 2.63. The molecule has 0 aromatic rings. The van der Waals surface area contributed by atoms with Crippen LogP contribution in [-0.2, 0) is 9.59 Å². The lowest BCUT2D eigenvalue weighted by atomic mass is 9.85. The molecule has 0 aromatic carbocycles. The molecule has 0 aliphatic heterocycles. The quantitative estimate of drug-likeness (QED) is 0.683. The van der Waals surface area contributed by atoms with Gasteiger partial charge in [0.15, 0.2) is 0 Å². The van der Waals surface area contributed by atoms with E-state index < -0.39 is 5.92 Å². The summed E-state index contributed by atoms with van der Waals surface area (Å²) in [7, 11) is 0. The average molecular weight is 231 g/mol. The summed E-state index contributed by atoms with van der Waals surface area (Å²) in [6.45, 7) is 3.63. The predicted molar refractivity (Wildman–Crippen MR) is 50.0 cm³/mol. The van der Waals surface area contributed by atoms with Crippen LogP contribution in [0, 0.1) is 5.92 Å². The van der Waals surface area contributed by atoms with Crippen LogP contribution in [0.3, 0.4) is 0 Å². The molecule has 12 heavy (non-hydrogen) atoms. The van der Waals surface area contributed by atoms with Gasteiger partial charge >= 0.3 is 0 Å². The number of hydrogen-bond donors (Lipinski definition) is 0. The van der Waals surface area contributed by atoms with Crippen LogP contribution >= 0.6 is 15.9 Å². The number of ketones is 2. The molecule has 3 heteroatoms. The van der Waals surface area contributed by atoms with Crippen LogP contribution in [0.15, 0.2) is 11.1 Å². The highest BCUT2D eigenvalue weighted by Gasteiger charge is 2.29. The third-order valence-electron chi connectivity index (χ3n) is 2.05. The van der Waals surface area contributed by atoms with Crippen molar-refractivity contribution in [2.24, 2.45) is 5.92 Å². The third-order valence-corrected chi connectivity index (χ3v) is 2.37. The lowest BCUT2D eigenvalue weighted by molar-refractivity contribution is -0.135. The van der Waals surface area contributed by atoms with Crippen LogP contribution in [0.5, 0.6) is 0 Å². The van der Waals surface area contributed by atoms with Crippen LogP contribution in [0.4, 0.5) is 0 Å². The average Bonchev–Trinajstić information content (AvgIpc) is 1.97. The van der Waals surface area contributed by atoms with Crippen molar-refractivity contribution in [1.82, 2.24) is 0 Å². The van der Waals surface area contributed by atoms with Gasteiger partial charge in [-0.25, -0.2) is 0 Å². The van der Waals surface area contributed by atoms with Crippen LogP contribution in [0.2, 0.25) is 0 Å². The van der Waals surface area contributed by atoms with E-state index in [9.17, 15) is 9.59 Å². The van der Waals surface area contributed by atoms with E-state index in [1.807, 2.05) is 0 Å². The summed E-state index contributed by atoms with van der Waals surface area (Å²) < 4.78 is 0.733. The van der Waals surface area contributed by atoms with Gasteiger partial charge < -0.3 is 0 Å². The second kappa shape index (κ2) is 3.99. The molecule has 0 heterocycles. The van der Waals surface area contributed by atoms with E-state index in [1.165, 1.54) is 0 Å². The molecular formula is C9H11BrO2. The molecule has 1 aliphatic rings. The first kappa shape index (κ1) is 9.65. The molecule has 0 N–H and O–H groups in total. The first-order valence-corrected chi connectivity index (χ1v) is 4.79. The number of Topliss-reactive ketones (excluding diaryl/α,β-unsaturated/α-hetero) is 2. The van der Waals surface area contributed by atoms with Gasteiger partial charge in [-0.3, -0.25) is 9.59 Å². The molecule has 0 radical (unpaired) electrons. The van der Waals surface area contributed by atoms with Gasteiger partial charge in [0.05, 0.1) is 5.92 Å². The highest BCUT2D eigenvalue weighted by Crippen LogP contribution is 2.24. The zero-order valence-electron chi connectivity index (χ0n) is 6.81. The monoisotopic (exact) mass is 230 g/mol. The van der Waals surface area contributed by atoms with Gasteiger partial charge in [0.25, 0.3) is 0 Å². The standard InChI is InChI=1S/C9H11BrO2/c1-6(10)5-7-8(11)3-2-4-9(7)12/h7H,1-5H2. The summed E-state index contributed by atoms with van der Waals surface area (Å²) in [4.78, 5) is 22.5. The molecule has 0 atom stereocenters. The minimum atomic E-state index is -0.411. The largest absolute Gasteiger partial charge is 0.299 e. The Hall–Kier alpha value is -0.440. The third kappa shape index (κ3) is 2.27. The lowest BCUT2D eigenvalue weighted by Gasteiger charge is -2.18. The van der Waals surface area contributed by atoms with E-state index in [0.29, 0.717) is 19.3 Å². The Bertz CT molecular complexity index is 217. The number of allylic oxidation sites excluding steroid dienone is 1. The Morgan fingerprint density at radius 2 is 1.92 bits per heavy atom. The van der Waals surface area contributed by atoms with Gasteiger partial charge in [0, 0.05) is 12.8 Å².